The lowest BCUT2D eigenvalue weighted by molar-refractivity contribution is 0.339. The van der Waals surface area contributed by atoms with Crippen LogP contribution in [0.5, 0.6) is 5.75 Å². The molecule has 0 aliphatic carbocycles. The first kappa shape index (κ1) is 13.6. The Balaban J connectivity index is 2.39. The van der Waals surface area contributed by atoms with Gasteiger partial charge in [0.05, 0.1) is 12.8 Å². The third-order valence-electron chi connectivity index (χ3n) is 3.02. The lowest BCUT2D eigenvalue weighted by Gasteiger charge is -2.10. The molecule has 3 nitrogen and oxygen atoms in total. The third-order valence-corrected chi connectivity index (χ3v) is 3.02. The van der Waals surface area contributed by atoms with Crippen molar-refractivity contribution in [2.75, 3.05) is 13.7 Å². The molecule has 0 bridgehead atoms. The van der Waals surface area contributed by atoms with Gasteiger partial charge in [-0.3, -0.25) is 4.98 Å². The molecule has 3 heteroatoms. The van der Waals surface area contributed by atoms with Crippen molar-refractivity contribution < 1.29 is 4.74 Å². The smallest absolute Gasteiger partial charge is 0.138 e. The topological polar surface area (TPSA) is 34.1 Å². The molecule has 0 atom stereocenters. The first-order valence-corrected chi connectivity index (χ1v) is 6.57. The van der Waals surface area contributed by atoms with E-state index in [2.05, 4.69) is 35.4 Å². The van der Waals surface area contributed by atoms with Gasteiger partial charge in [-0.25, -0.2) is 0 Å². The zero-order chi connectivity index (χ0) is 13.7. The summed E-state index contributed by atoms with van der Waals surface area (Å²) < 4.78 is 5.51. The monoisotopic (exact) mass is 256 g/mol. The van der Waals surface area contributed by atoms with Gasteiger partial charge in [0.1, 0.15) is 5.75 Å². The van der Waals surface area contributed by atoms with E-state index in [4.69, 9.17) is 4.74 Å². The number of ether oxygens (including phenoxy) is 1. The molecular weight excluding hydrogens is 236 g/mol. The van der Waals surface area contributed by atoms with Gasteiger partial charge < -0.3 is 10.1 Å². The van der Waals surface area contributed by atoms with Crippen molar-refractivity contribution in [3.63, 3.8) is 0 Å². The molecule has 1 aromatic carbocycles. The van der Waals surface area contributed by atoms with Gasteiger partial charge in [0.2, 0.25) is 0 Å². The number of nitrogens with zero attached hydrogens (tertiary/aromatic N) is 1. The number of benzene rings is 1. The normalized spacial score (nSPS) is 10.5. The Hall–Kier alpha value is -1.87. The average Bonchev–Trinajstić information content (AvgIpc) is 2.42. The van der Waals surface area contributed by atoms with E-state index < -0.39 is 0 Å². The largest absolute Gasteiger partial charge is 0.492 e. The van der Waals surface area contributed by atoms with Crippen LogP contribution in [0, 0.1) is 6.92 Å². The summed E-state index contributed by atoms with van der Waals surface area (Å²) in [7, 11) is 1.96. The number of pyridine rings is 1. The molecule has 0 fully saturated rings. The van der Waals surface area contributed by atoms with E-state index in [9.17, 15) is 0 Å². The number of aromatic nitrogens is 1. The highest BCUT2D eigenvalue weighted by Crippen LogP contribution is 2.26. The maximum Gasteiger partial charge on any atom is 0.138 e. The second-order valence-electron chi connectivity index (χ2n) is 4.52. The summed E-state index contributed by atoms with van der Waals surface area (Å²) in [5.74, 6) is 0.818. The van der Waals surface area contributed by atoms with Crippen molar-refractivity contribution in [1.82, 2.24) is 10.3 Å². The van der Waals surface area contributed by atoms with E-state index in [0.717, 1.165) is 17.9 Å². The summed E-state index contributed by atoms with van der Waals surface area (Å²) in [6, 6.07) is 8.55. The van der Waals surface area contributed by atoms with Gasteiger partial charge in [-0.15, -0.1) is 0 Å². The molecule has 0 radical (unpaired) electrons. The number of nitrogens with one attached hydrogen (secondary N) is 1. The number of rotatable bonds is 5. The second kappa shape index (κ2) is 6.34. The zero-order valence-electron chi connectivity index (χ0n) is 11.7. The van der Waals surface area contributed by atoms with E-state index >= 15 is 0 Å². The fraction of sp³-hybridized carbons (Fsp3) is 0.312. The molecule has 0 saturated heterocycles. The van der Waals surface area contributed by atoms with E-state index in [1.54, 1.807) is 6.20 Å². The maximum atomic E-state index is 5.51. The first-order chi connectivity index (χ1) is 9.24. The minimum absolute atomic E-state index is 0.657. The Kier molecular flexibility index (Phi) is 4.53. The number of hydrogen-bond acceptors (Lipinski definition) is 3. The molecule has 1 heterocycles. The van der Waals surface area contributed by atoms with E-state index in [1.807, 2.05) is 26.2 Å². The molecule has 2 aromatic rings. The van der Waals surface area contributed by atoms with Crippen LogP contribution in [0.4, 0.5) is 0 Å². The van der Waals surface area contributed by atoms with E-state index in [-0.39, 0.29) is 0 Å². The average molecular weight is 256 g/mol. The van der Waals surface area contributed by atoms with Crippen molar-refractivity contribution in [2.45, 2.75) is 20.4 Å². The van der Waals surface area contributed by atoms with Crippen molar-refractivity contribution in [1.29, 1.82) is 0 Å². The maximum absolute atomic E-state index is 5.51. The lowest BCUT2D eigenvalue weighted by atomic mass is 9.99. The fourth-order valence-electron chi connectivity index (χ4n) is 2.11. The Morgan fingerprint density at radius 2 is 2.05 bits per heavy atom. The van der Waals surface area contributed by atoms with Gasteiger partial charge in [-0.2, -0.15) is 0 Å². The van der Waals surface area contributed by atoms with Crippen LogP contribution in [0.2, 0.25) is 0 Å². The van der Waals surface area contributed by atoms with Crippen LogP contribution in [0.25, 0.3) is 11.1 Å². The fourth-order valence-corrected chi connectivity index (χ4v) is 2.11. The van der Waals surface area contributed by atoms with Crippen molar-refractivity contribution in [2.24, 2.45) is 0 Å². The Bertz CT molecular complexity index is 552. The molecule has 0 spiro atoms. The van der Waals surface area contributed by atoms with Gasteiger partial charge in [-0.05, 0) is 49.7 Å². The summed E-state index contributed by atoms with van der Waals surface area (Å²) in [6.45, 7) is 5.62. The number of aryl methyl sites for hydroxylation is 1. The van der Waals surface area contributed by atoms with Crippen molar-refractivity contribution >= 4 is 0 Å². The van der Waals surface area contributed by atoms with Gasteiger partial charge in [0.25, 0.3) is 0 Å². The first-order valence-electron chi connectivity index (χ1n) is 6.57. The molecule has 19 heavy (non-hydrogen) atoms. The van der Waals surface area contributed by atoms with Gasteiger partial charge >= 0.3 is 0 Å². The standard InChI is InChI=1S/C16H20N2O/c1-4-19-15-8-14(10-18-11-15)16-7-13(9-17-3)6-5-12(16)2/h5-8,10-11,17H,4,9H2,1-3H3. The van der Waals surface area contributed by atoms with Crippen LogP contribution in [0.15, 0.2) is 36.7 Å². The molecule has 0 unspecified atom stereocenters. The van der Waals surface area contributed by atoms with Crippen LogP contribution < -0.4 is 10.1 Å². The third kappa shape index (κ3) is 3.32. The van der Waals surface area contributed by atoms with Crippen LogP contribution >= 0.6 is 0 Å². The molecule has 1 aromatic heterocycles. The summed E-state index contributed by atoms with van der Waals surface area (Å²) in [4.78, 5) is 4.26. The highest BCUT2D eigenvalue weighted by Gasteiger charge is 2.05. The highest BCUT2D eigenvalue weighted by atomic mass is 16.5. The summed E-state index contributed by atoms with van der Waals surface area (Å²) in [6.07, 6.45) is 3.63. The molecule has 1 N–H and O–H groups in total. The van der Waals surface area contributed by atoms with Crippen molar-refractivity contribution in [3.05, 3.63) is 47.8 Å². The molecule has 2 rings (SSSR count). The Morgan fingerprint density at radius 1 is 1.21 bits per heavy atom. The zero-order valence-corrected chi connectivity index (χ0v) is 11.7. The molecule has 0 saturated carbocycles. The van der Waals surface area contributed by atoms with Gasteiger partial charge in [0.15, 0.2) is 0 Å². The van der Waals surface area contributed by atoms with Crippen molar-refractivity contribution in [3.8, 4) is 16.9 Å². The SMILES string of the molecule is CCOc1cncc(-c2cc(CNC)ccc2C)c1. The van der Waals surface area contributed by atoms with Crippen LogP contribution in [-0.4, -0.2) is 18.6 Å². The minimum Gasteiger partial charge on any atom is -0.492 e. The van der Waals surface area contributed by atoms with Crippen LogP contribution in [0.3, 0.4) is 0 Å². The molecule has 0 aliphatic heterocycles. The van der Waals surface area contributed by atoms with Gasteiger partial charge in [0, 0.05) is 18.3 Å². The Labute approximate surface area is 114 Å². The summed E-state index contributed by atoms with van der Waals surface area (Å²) in [5.41, 5.74) is 4.82. The van der Waals surface area contributed by atoms with Crippen LogP contribution in [0.1, 0.15) is 18.1 Å². The highest BCUT2D eigenvalue weighted by molar-refractivity contribution is 5.68. The predicted molar refractivity (Wildman–Crippen MR) is 78.3 cm³/mol. The minimum atomic E-state index is 0.657. The lowest BCUT2D eigenvalue weighted by Crippen LogP contribution is -2.05. The molecule has 100 valence electrons. The second-order valence-corrected chi connectivity index (χ2v) is 4.52. The molecule has 0 amide bonds. The quantitative estimate of drug-likeness (QED) is 0.892. The van der Waals surface area contributed by atoms with Crippen LogP contribution in [-0.2, 0) is 6.54 Å². The van der Waals surface area contributed by atoms with E-state index in [0.29, 0.717) is 6.61 Å². The Morgan fingerprint density at radius 3 is 2.79 bits per heavy atom. The number of hydrogen-bond donors (Lipinski definition) is 1. The summed E-state index contributed by atoms with van der Waals surface area (Å²) in [5, 5.41) is 3.17. The molecule has 0 aliphatic rings. The van der Waals surface area contributed by atoms with Gasteiger partial charge in [-0.1, -0.05) is 12.1 Å². The summed E-state index contributed by atoms with van der Waals surface area (Å²) >= 11 is 0. The van der Waals surface area contributed by atoms with E-state index in [1.165, 1.54) is 16.7 Å². The molecular formula is C16H20N2O. The predicted octanol–water partition coefficient (Wildman–Crippen LogP) is 3.18.